The van der Waals surface area contributed by atoms with E-state index in [4.69, 9.17) is 0 Å². The van der Waals surface area contributed by atoms with E-state index in [1.54, 1.807) is 25.1 Å². The van der Waals surface area contributed by atoms with Gasteiger partial charge in [0.1, 0.15) is 11.5 Å². The fraction of sp³-hybridized carbons (Fsp3) is 0.0714. The second-order valence-electron chi connectivity index (χ2n) is 4.10. The summed E-state index contributed by atoms with van der Waals surface area (Å²) in [6.45, 7) is 5.16. The van der Waals surface area contributed by atoms with E-state index in [1.165, 1.54) is 12.1 Å². The number of carbonyl (C=O) groups excluding carboxylic acids is 1. The number of rotatable bonds is 2. The van der Waals surface area contributed by atoms with Gasteiger partial charge in [0.15, 0.2) is 0 Å². The predicted molar refractivity (Wildman–Crippen MR) is 70.7 cm³/mol. The third-order valence-corrected chi connectivity index (χ3v) is 2.59. The minimum atomic E-state index is -0.301. The van der Waals surface area contributed by atoms with Gasteiger partial charge >= 0.3 is 0 Å². The van der Waals surface area contributed by atoms with Gasteiger partial charge in [-0.3, -0.25) is 4.79 Å². The average molecular weight is 421 g/mol. The van der Waals surface area contributed by atoms with E-state index >= 15 is 0 Å². The number of amides is 1. The van der Waals surface area contributed by atoms with Crippen LogP contribution in [0.1, 0.15) is 6.92 Å². The fourth-order valence-corrected chi connectivity index (χ4v) is 1.69. The first-order chi connectivity index (χ1) is 8.49. The number of aromatic hydroxyl groups is 2. The molecule has 0 heterocycles. The van der Waals surface area contributed by atoms with Crippen molar-refractivity contribution in [3.8, 4) is 11.5 Å². The first-order valence-electron chi connectivity index (χ1n) is 5.40. The van der Waals surface area contributed by atoms with Crippen LogP contribution in [0.25, 0.3) is 10.8 Å². The Bertz CT molecular complexity index is 656. The molecule has 2 aromatic carbocycles. The molecule has 6 heteroatoms. The van der Waals surface area contributed by atoms with Crippen molar-refractivity contribution >= 4 is 22.4 Å². The Morgan fingerprint density at radius 2 is 1.80 bits per heavy atom. The van der Waals surface area contributed by atoms with Crippen LogP contribution in [0.15, 0.2) is 42.5 Å². The Hall–Kier alpha value is -0.282. The molecular weight excluding hydrogens is 408 g/mol. The van der Waals surface area contributed by atoms with Crippen LogP contribution >= 0.6 is 0 Å². The Labute approximate surface area is 167 Å². The molecule has 0 aliphatic rings. The molecule has 4 nitrogen and oxygen atoms in total. The smallest absolute Gasteiger partial charge is 0.250 e. The van der Waals surface area contributed by atoms with Crippen LogP contribution < -0.4 is 5.32 Å². The number of hydrogen-bond donors (Lipinski definition) is 3. The molecule has 0 fully saturated rings. The number of carbonyl (C=O) groups is 1. The molecule has 20 heavy (non-hydrogen) atoms. The summed E-state index contributed by atoms with van der Waals surface area (Å²) in [5.41, 5.74) is 0.906. The summed E-state index contributed by atoms with van der Waals surface area (Å²) < 4.78 is 0. The van der Waals surface area contributed by atoms with Gasteiger partial charge in [-0.15, -0.1) is 0 Å². The van der Waals surface area contributed by atoms with Gasteiger partial charge in [-0.1, -0.05) is 18.7 Å². The van der Waals surface area contributed by atoms with E-state index in [0.717, 1.165) is 0 Å². The summed E-state index contributed by atoms with van der Waals surface area (Å²) in [4.78, 5) is 11.6. The van der Waals surface area contributed by atoms with Crippen LogP contribution in [0.4, 0.5) is 5.69 Å². The van der Waals surface area contributed by atoms with E-state index in [2.05, 4.69) is 11.9 Å². The number of hydrogen-bond acceptors (Lipinski definition) is 3. The first-order valence-corrected chi connectivity index (χ1v) is 5.40. The number of anilines is 1. The Morgan fingerprint density at radius 3 is 2.40 bits per heavy atom. The SMILES string of the molecule is C=C(C)C(=O)Nc1cccc2c(O)cc(O)cc12.[Y].[Y]. The molecule has 98 valence electrons. The van der Waals surface area contributed by atoms with Crippen LogP contribution in [0.2, 0.25) is 0 Å². The first kappa shape index (κ1) is 19.7. The molecule has 0 aliphatic heterocycles. The van der Waals surface area contributed by atoms with Gasteiger partial charge in [0, 0.05) is 93.5 Å². The van der Waals surface area contributed by atoms with Crippen LogP contribution in [-0.2, 0) is 70.2 Å². The maximum absolute atomic E-state index is 11.6. The number of fused-ring (bicyclic) bond motifs is 1. The molecule has 0 unspecified atom stereocenters. The molecule has 0 saturated carbocycles. The van der Waals surface area contributed by atoms with Crippen molar-refractivity contribution in [1.29, 1.82) is 0 Å². The van der Waals surface area contributed by atoms with Crippen molar-refractivity contribution in [3.05, 3.63) is 42.5 Å². The van der Waals surface area contributed by atoms with Gasteiger partial charge in [-0.2, -0.15) is 0 Å². The van der Waals surface area contributed by atoms with E-state index in [1.807, 2.05) is 0 Å². The van der Waals surface area contributed by atoms with Crippen molar-refractivity contribution in [1.82, 2.24) is 0 Å². The molecule has 3 N–H and O–H groups in total. The van der Waals surface area contributed by atoms with Crippen molar-refractivity contribution in [2.24, 2.45) is 0 Å². The molecule has 0 spiro atoms. The van der Waals surface area contributed by atoms with Gasteiger partial charge < -0.3 is 15.5 Å². The Kier molecular flexibility index (Phi) is 8.12. The molecular formula is C14H13NO3Y2. The van der Waals surface area contributed by atoms with Gasteiger partial charge in [0.05, 0.1) is 0 Å². The molecule has 0 bridgehead atoms. The van der Waals surface area contributed by atoms with Crippen LogP contribution in [0.3, 0.4) is 0 Å². The monoisotopic (exact) mass is 421 g/mol. The third kappa shape index (κ3) is 4.36. The second kappa shape index (κ2) is 8.23. The molecule has 2 rings (SSSR count). The Balaban J connectivity index is 0.00000180. The summed E-state index contributed by atoms with van der Waals surface area (Å²) >= 11 is 0. The number of phenolic OH excluding ortho intramolecular Hbond substituents is 2. The molecule has 2 radical (unpaired) electrons. The number of benzene rings is 2. The van der Waals surface area contributed by atoms with E-state index < -0.39 is 0 Å². The molecule has 0 atom stereocenters. The van der Waals surface area contributed by atoms with Crippen molar-refractivity contribution in [2.75, 3.05) is 5.32 Å². The molecule has 1 amide bonds. The zero-order valence-electron chi connectivity index (χ0n) is 11.1. The van der Waals surface area contributed by atoms with Gasteiger partial charge in [0.2, 0.25) is 0 Å². The zero-order chi connectivity index (χ0) is 13.3. The largest absolute Gasteiger partial charge is 0.508 e. The topological polar surface area (TPSA) is 69.6 Å². The summed E-state index contributed by atoms with van der Waals surface area (Å²) in [5.74, 6) is -0.390. The summed E-state index contributed by atoms with van der Waals surface area (Å²) in [6, 6.07) is 7.87. The summed E-state index contributed by atoms with van der Waals surface area (Å²) in [7, 11) is 0. The fourth-order valence-electron chi connectivity index (χ4n) is 1.69. The normalized spacial score (nSPS) is 9.25. The van der Waals surface area contributed by atoms with Gasteiger partial charge in [-0.05, 0) is 19.1 Å². The van der Waals surface area contributed by atoms with Crippen molar-refractivity contribution in [3.63, 3.8) is 0 Å². The van der Waals surface area contributed by atoms with Gasteiger partial charge in [0.25, 0.3) is 5.91 Å². The maximum atomic E-state index is 11.6. The summed E-state index contributed by atoms with van der Waals surface area (Å²) in [6.07, 6.45) is 0. The number of phenols is 2. The van der Waals surface area contributed by atoms with Gasteiger partial charge in [-0.25, -0.2) is 0 Å². The maximum Gasteiger partial charge on any atom is 0.250 e. The second-order valence-corrected chi connectivity index (χ2v) is 4.10. The number of nitrogens with one attached hydrogen (secondary N) is 1. The predicted octanol–water partition coefficient (Wildman–Crippen LogP) is 2.76. The molecule has 0 saturated heterocycles. The zero-order valence-corrected chi connectivity index (χ0v) is 16.7. The third-order valence-electron chi connectivity index (χ3n) is 2.59. The van der Waals surface area contributed by atoms with E-state index in [-0.39, 0.29) is 82.8 Å². The van der Waals surface area contributed by atoms with Crippen molar-refractivity contribution < 1.29 is 80.4 Å². The molecule has 0 aromatic heterocycles. The minimum absolute atomic E-state index is 0. The molecule has 2 aromatic rings. The van der Waals surface area contributed by atoms with E-state index in [9.17, 15) is 15.0 Å². The van der Waals surface area contributed by atoms with Crippen LogP contribution in [0, 0.1) is 0 Å². The average Bonchev–Trinajstić information content (AvgIpc) is 2.29. The Morgan fingerprint density at radius 1 is 1.15 bits per heavy atom. The minimum Gasteiger partial charge on any atom is -0.508 e. The standard InChI is InChI=1S/C14H13NO3.2Y/c1-8(2)14(18)15-12-5-3-4-10-11(12)6-9(16)7-13(10)17;;/h3-7,16-17H,1H2,2H3,(H,15,18);;. The van der Waals surface area contributed by atoms with Crippen LogP contribution in [0.5, 0.6) is 11.5 Å². The summed E-state index contributed by atoms with van der Waals surface area (Å²) in [5, 5.41) is 23.0. The van der Waals surface area contributed by atoms with E-state index in [0.29, 0.717) is 22.0 Å². The van der Waals surface area contributed by atoms with Crippen molar-refractivity contribution in [2.45, 2.75) is 6.92 Å². The molecule has 0 aliphatic carbocycles. The van der Waals surface area contributed by atoms with Crippen LogP contribution in [-0.4, -0.2) is 16.1 Å². The quantitative estimate of drug-likeness (QED) is 0.654.